The number of phenolic OH excluding ortho intramolecular Hbond substituents is 1. The van der Waals surface area contributed by atoms with E-state index in [1.54, 1.807) is 12.1 Å². The van der Waals surface area contributed by atoms with Gasteiger partial charge in [-0.15, -0.1) is 0 Å². The minimum absolute atomic E-state index is 0.0202. The van der Waals surface area contributed by atoms with Crippen LogP contribution in [0.25, 0.3) is 22.4 Å². The predicted molar refractivity (Wildman–Crippen MR) is 118 cm³/mol. The van der Waals surface area contributed by atoms with E-state index in [-0.39, 0.29) is 24.4 Å². The molecular weight excluding hydrogens is 376 g/mol. The van der Waals surface area contributed by atoms with E-state index in [2.05, 4.69) is 20.8 Å². The Morgan fingerprint density at radius 3 is 2.63 bits per heavy atom. The average molecular weight is 407 g/mol. The highest BCUT2D eigenvalue weighted by atomic mass is 16.5. The van der Waals surface area contributed by atoms with Crippen LogP contribution in [0.1, 0.15) is 40.0 Å². The third-order valence-corrected chi connectivity index (χ3v) is 6.31. The number of imidazole rings is 1. The summed E-state index contributed by atoms with van der Waals surface area (Å²) in [5.41, 5.74) is 2.58. The molecule has 5 heteroatoms. The van der Waals surface area contributed by atoms with Crippen LogP contribution in [-0.2, 0) is 16.1 Å². The fourth-order valence-corrected chi connectivity index (χ4v) is 4.65. The summed E-state index contributed by atoms with van der Waals surface area (Å²) < 4.78 is 7.96. The Balaban J connectivity index is 1.62. The molecule has 30 heavy (non-hydrogen) atoms. The zero-order valence-corrected chi connectivity index (χ0v) is 17.9. The number of carbonyl (C=O) groups is 1. The highest BCUT2D eigenvalue weighted by Crippen LogP contribution is 2.35. The van der Waals surface area contributed by atoms with E-state index in [9.17, 15) is 9.90 Å². The number of aromatic hydroxyl groups is 1. The summed E-state index contributed by atoms with van der Waals surface area (Å²) >= 11 is 0. The van der Waals surface area contributed by atoms with Crippen LogP contribution >= 0.6 is 0 Å². The van der Waals surface area contributed by atoms with Crippen LogP contribution in [0, 0.1) is 17.8 Å². The summed E-state index contributed by atoms with van der Waals surface area (Å²) in [6.45, 7) is 6.79. The van der Waals surface area contributed by atoms with Gasteiger partial charge in [0, 0.05) is 5.56 Å². The molecule has 3 atom stereocenters. The number of nitrogens with zero attached hydrogens (tertiary/aromatic N) is 2. The molecule has 158 valence electrons. The number of hydrogen-bond donors (Lipinski definition) is 1. The Hall–Kier alpha value is -2.82. The molecule has 0 bridgehead atoms. The number of carbonyl (C=O) groups excluding carboxylic acids is 1. The van der Waals surface area contributed by atoms with Gasteiger partial charge in [0.1, 0.15) is 24.2 Å². The second kappa shape index (κ2) is 8.50. The van der Waals surface area contributed by atoms with Crippen LogP contribution in [0.2, 0.25) is 0 Å². The molecule has 1 unspecified atom stereocenters. The lowest BCUT2D eigenvalue weighted by Crippen LogP contribution is -2.36. The second-order valence-corrected chi connectivity index (χ2v) is 8.91. The first-order valence-electron chi connectivity index (χ1n) is 10.9. The molecule has 0 spiro atoms. The van der Waals surface area contributed by atoms with Crippen LogP contribution in [-0.4, -0.2) is 26.7 Å². The van der Waals surface area contributed by atoms with Crippen LogP contribution in [0.4, 0.5) is 0 Å². The standard InChI is InChI=1S/C25H30N2O3/c1-16(2)20-13-8-17(3)14-23(20)30-24(29)15-27-22-7-5-4-6-21(22)26-25(27)18-9-11-19(28)12-10-18/h4-7,9-12,16-17,20,23,28H,8,13-15H2,1-3H3/t17?,20-,23+/m0/s1. The number of phenols is 1. The van der Waals surface area contributed by atoms with Crippen molar-refractivity contribution < 1.29 is 14.6 Å². The minimum atomic E-state index is -0.220. The number of hydrogen-bond acceptors (Lipinski definition) is 4. The largest absolute Gasteiger partial charge is 0.508 e. The molecular formula is C25H30N2O3. The van der Waals surface area contributed by atoms with Gasteiger partial charge < -0.3 is 14.4 Å². The number of para-hydroxylation sites is 2. The number of benzene rings is 2. The van der Waals surface area contributed by atoms with Crippen molar-refractivity contribution in [2.75, 3.05) is 0 Å². The summed E-state index contributed by atoms with van der Waals surface area (Å²) in [6, 6.07) is 14.7. The summed E-state index contributed by atoms with van der Waals surface area (Å²) in [6.07, 6.45) is 3.23. The van der Waals surface area contributed by atoms with Crippen molar-refractivity contribution >= 4 is 17.0 Å². The number of rotatable bonds is 5. The number of ether oxygens (including phenoxy) is 1. The molecule has 1 N–H and O–H groups in total. The Morgan fingerprint density at radius 1 is 1.17 bits per heavy atom. The van der Waals surface area contributed by atoms with Gasteiger partial charge in [0.2, 0.25) is 0 Å². The maximum atomic E-state index is 13.0. The van der Waals surface area contributed by atoms with E-state index in [4.69, 9.17) is 9.72 Å². The Bertz CT molecular complexity index is 1020. The van der Waals surface area contributed by atoms with Crippen LogP contribution in [0.5, 0.6) is 5.75 Å². The van der Waals surface area contributed by atoms with Gasteiger partial charge in [0.25, 0.3) is 0 Å². The first-order valence-corrected chi connectivity index (χ1v) is 10.9. The quantitative estimate of drug-likeness (QED) is 0.575. The monoisotopic (exact) mass is 406 g/mol. The lowest BCUT2D eigenvalue weighted by Gasteiger charge is -2.36. The van der Waals surface area contributed by atoms with Crippen molar-refractivity contribution in [2.45, 2.75) is 52.7 Å². The maximum Gasteiger partial charge on any atom is 0.326 e. The van der Waals surface area contributed by atoms with Gasteiger partial charge in [0.15, 0.2) is 0 Å². The highest BCUT2D eigenvalue weighted by molar-refractivity contribution is 5.83. The van der Waals surface area contributed by atoms with E-state index < -0.39 is 0 Å². The van der Waals surface area contributed by atoms with Gasteiger partial charge in [-0.1, -0.05) is 39.3 Å². The lowest BCUT2D eigenvalue weighted by atomic mass is 9.75. The molecule has 5 nitrogen and oxygen atoms in total. The normalized spacial score (nSPS) is 21.8. The van der Waals surface area contributed by atoms with Gasteiger partial charge in [-0.3, -0.25) is 4.79 Å². The molecule has 0 amide bonds. The van der Waals surface area contributed by atoms with Crippen molar-refractivity contribution in [3.05, 3.63) is 48.5 Å². The Labute approximate surface area is 177 Å². The molecule has 1 aliphatic rings. The third kappa shape index (κ3) is 4.20. The minimum Gasteiger partial charge on any atom is -0.508 e. The first-order chi connectivity index (χ1) is 14.4. The molecule has 0 aliphatic heterocycles. The molecule has 3 aromatic rings. The second-order valence-electron chi connectivity index (χ2n) is 8.91. The lowest BCUT2D eigenvalue weighted by molar-refractivity contribution is -0.156. The molecule has 1 aromatic heterocycles. The first kappa shape index (κ1) is 20.5. The van der Waals surface area contributed by atoms with Crippen molar-refractivity contribution in [3.63, 3.8) is 0 Å². The van der Waals surface area contributed by atoms with E-state index in [1.807, 2.05) is 41.0 Å². The van der Waals surface area contributed by atoms with Crippen molar-refractivity contribution in [2.24, 2.45) is 17.8 Å². The van der Waals surface area contributed by atoms with Crippen molar-refractivity contribution in [1.82, 2.24) is 9.55 Å². The topological polar surface area (TPSA) is 64.3 Å². The van der Waals surface area contributed by atoms with Crippen LogP contribution < -0.4 is 0 Å². The average Bonchev–Trinajstić information content (AvgIpc) is 3.07. The highest BCUT2D eigenvalue weighted by Gasteiger charge is 2.33. The Morgan fingerprint density at radius 2 is 1.90 bits per heavy atom. The molecule has 1 heterocycles. The molecule has 1 fully saturated rings. The number of esters is 1. The summed E-state index contributed by atoms with van der Waals surface area (Å²) in [5, 5.41) is 9.63. The molecule has 4 rings (SSSR count). The summed E-state index contributed by atoms with van der Waals surface area (Å²) in [7, 11) is 0. The molecule has 0 saturated heterocycles. The van der Waals surface area contributed by atoms with E-state index >= 15 is 0 Å². The fourth-order valence-electron chi connectivity index (χ4n) is 4.65. The van der Waals surface area contributed by atoms with Gasteiger partial charge in [-0.25, -0.2) is 4.98 Å². The fraction of sp³-hybridized carbons (Fsp3) is 0.440. The van der Waals surface area contributed by atoms with Crippen molar-refractivity contribution in [3.8, 4) is 17.1 Å². The molecule has 1 aliphatic carbocycles. The summed E-state index contributed by atoms with van der Waals surface area (Å²) in [4.78, 5) is 17.8. The summed E-state index contributed by atoms with van der Waals surface area (Å²) in [5.74, 6) is 2.18. The van der Waals surface area contributed by atoms with E-state index in [0.29, 0.717) is 23.6 Å². The van der Waals surface area contributed by atoms with Crippen molar-refractivity contribution in [1.29, 1.82) is 0 Å². The van der Waals surface area contributed by atoms with Crippen LogP contribution in [0.15, 0.2) is 48.5 Å². The molecule has 0 radical (unpaired) electrons. The Kier molecular flexibility index (Phi) is 5.80. The van der Waals surface area contributed by atoms with Crippen LogP contribution in [0.3, 0.4) is 0 Å². The van der Waals surface area contributed by atoms with E-state index in [1.165, 1.54) is 6.42 Å². The van der Waals surface area contributed by atoms with Gasteiger partial charge in [0.05, 0.1) is 11.0 Å². The third-order valence-electron chi connectivity index (χ3n) is 6.31. The predicted octanol–water partition coefficient (Wildman–Crippen LogP) is 5.41. The molecule has 1 saturated carbocycles. The SMILES string of the molecule is CC1CC[C@@H](C(C)C)[C@H](OC(=O)Cn2c(-c3ccc(O)cc3)nc3ccccc32)C1. The maximum absolute atomic E-state index is 13.0. The smallest absolute Gasteiger partial charge is 0.326 e. The van der Waals surface area contributed by atoms with Gasteiger partial charge >= 0.3 is 5.97 Å². The number of aromatic nitrogens is 2. The van der Waals surface area contributed by atoms with E-state index in [0.717, 1.165) is 29.4 Å². The zero-order valence-electron chi connectivity index (χ0n) is 17.9. The zero-order chi connectivity index (χ0) is 21.3. The molecule has 2 aromatic carbocycles. The number of fused-ring (bicyclic) bond motifs is 1. The van der Waals surface area contributed by atoms with Gasteiger partial charge in [-0.05, 0) is 67.0 Å². The van der Waals surface area contributed by atoms with Gasteiger partial charge in [-0.2, -0.15) is 0 Å².